The van der Waals surface area contributed by atoms with Crippen LogP contribution in [0.3, 0.4) is 0 Å². The normalized spacial score (nSPS) is 11.7. The average molecular weight is 378 g/mol. The van der Waals surface area contributed by atoms with Gasteiger partial charge in [-0.2, -0.15) is 5.10 Å². The summed E-state index contributed by atoms with van der Waals surface area (Å²) in [6.07, 6.45) is 1.53. The lowest BCUT2D eigenvalue weighted by Crippen LogP contribution is -2.23. The molecule has 0 bridgehead atoms. The second-order valence-corrected chi connectivity index (χ2v) is 7.53. The van der Waals surface area contributed by atoms with Crippen LogP contribution in [0.5, 0.6) is 0 Å². The van der Waals surface area contributed by atoms with E-state index in [0.717, 1.165) is 23.5 Å². The number of nitrogens with one attached hydrogen (secondary N) is 1. The topological polar surface area (TPSA) is 76.9 Å². The first-order valence-corrected chi connectivity index (χ1v) is 9.18. The van der Waals surface area contributed by atoms with Crippen LogP contribution in [0.2, 0.25) is 0 Å². The summed E-state index contributed by atoms with van der Waals surface area (Å²) in [6, 6.07) is 7.78. The van der Waals surface area contributed by atoms with Crippen LogP contribution in [0.25, 0.3) is 5.82 Å². The number of aryl methyl sites for hydroxylation is 2. The van der Waals surface area contributed by atoms with Crippen molar-refractivity contribution in [3.8, 4) is 5.82 Å². The maximum atomic E-state index is 13.2. The van der Waals surface area contributed by atoms with Gasteiger partial charge in [-0.15, -0.1) is 0 Å². The van der Waals surface area contributed by atoms with Crippen molar-refractivity contribution in [2.45, 2.75) is 25.3 Å². The molecule has 0 spiro atoms. The number of aromatic nitrogens is 3. The predicted octanol–water partition coefficient (Wildman–Crippen LogP) is 2.64. The van der Waals surface area contributed by atoms with Crippen LogP contribution in [-0.2, 0) is 16.6 Å². The summed E-state index contributed by atoms with van der Waals surface area (Å²) in [4.78, 5) is 3.93. The minimum atomic E-state index is -3.97. The molecule has 2 heterocycles. The summed E-state index contributed by atoms with van der Waals surface area (Å²) in [6.45, 7) is 3.75. The van der Waals surface area contributed by atoms with Gasteiger partial charge in [-0.1, -0.05) is 6.07 Å². The minimum Gasteiger partial charge on any atom is -0.237 e. The molecule has 0 saturated heterocycles. The predicted molar refractivity (Wildman–Crippen MR) is 91.2 cm³/mol. The Labute approximate surface area is 149 Å². The zero-order chi connectivity index (χ0) is 18.9. The van der Waals surface area contributed by atoms with Gasteiger partial charge in [-0.25, -0.2) is 31.6 Å². The Bertz CT molecular complexity index is 1050. The van der Waals surface area contributed by atoms with E-state index in [9.17, 15) is 17.2 Å². The van der Waals surface area contributed by atoms with Crippen LogP contribution < -0.4 is 4.72 Å². The van der Waals surface area contributed by atoms with Crippen LogP contribution in [0.1, 0.15) is 17.0 Å². The summed E-state index contributed by atoms with van der Waals surface area (Å²) >= 11 is 0. The largest absolute Gasteiger partial charge is 0.240 e. The fourth-order valence-corrected chi connectivity index (χ4v) is 3.44. The minimum absolute atomic E-state index is 0.0360. The molecule has 3 rings (SSSR count). The Kier molecular flexibility index (Phi) is 4.84. The molecule has 0 aliphatic heterocycles. The summed E-state index contributed by atoms with van der Waals surface area (Å²) in [5, 5.41) is 4.33. The molecule has 0 radical (unpaired) electrons. The standard InChI is InChI=1S/C17H16F2N4O2S/c1-11-7-12(2)23(22-11)17-6-3-13(9-20-17)10-21-26(24,25)14-4-5-15(18)16(19)8-14/h3-9,21H,10H2,1-2H3. The van der Waals surface area contributed by atoms with Crippen molar-refractivity contribution < 1.29 is 17.2 Å². The number of benzene rings is 1. The first-order chi connectivity index (χ1) is 12.3. The third-order valence-corrected chi connectivity index (χ3v) is 5.10. The molecule has 0 atom stereocenters. The van der Waals surface area contributed by atoms with E-state index in [1.165, 1.54) is 6.20 Å². The molecular formula is C17H16F2N4O2S. The van der Waals surface area contributed by atoms with Gasteiger partial charge in [0.2, 0.25) is 10.0 Å². The van der Waals surface area contributed by atoms with Gasteiger partial charge in [0.15, 0.2) is 17.5 Å². The molecular weight excluding hydrogens is 362 g/mol. The molecule has 0 amide bonds. The highest BCUT2D eigenvalue weighted by Gasteiger charge is 2.16. The lowest BCUT2D eigenvalue weighted by Gasteiger charge is -2.08. The highest BCUT2D eigenvalue weighted by atomic mass is 32.2. The van der Waals surface area contributed by atoms with E-state index in [-0.39, 0.29) is 11.4 Å². The van der Waals surface area contributed by atoms with Gasteiger partial charge in [-0.05, 0) is 49.7 Å². The zero-order valence-corrected chi connectivity index (χ0v) is 14.9. The number of hydrogen-bond donors (Lipinski definition) is 1. The molecule has 6 nitrogen and oxygen atoms in total. The Morgan fingerprint density at radius 2 is 1.85 bits per heavy atom. The zero-order valence-electron chi connectivity index (χ0n) is 14.1. The van der Waals surface area contributed by atoms with E-state index < -0.39 is 21.7 Å². The molecule has 1 N–H and O–H groups in total. The molecule has 0 unspecified atom stereocenters. The molecule has 0 aliphatic rings. The summed E-state index contributed by atoms with van der Waals surface area (Å²) in [5.41, 5.74) is 2.41. The van der Waals surface area contributed by atoms with E-state index in [1.807, 2.05) is 19.9 Å². The fraction of sp³-hybridized carbons (Fsp3) is 0.176. The van der Waals surface area contributed by atoms with Gasteiger partial charge >= 0.3 is 0 Å². The van der Waals surface area contributed by atoms with Crippen molar-refractivity contribution in [1.82, 2.24) is 19.5 Å². The average Bonchev–Trinajstić information content (AvgIpc) is 2.94. The van der Waals surface area contributed by atoms with Gasteiger partial charge in [0, 0.05) is 18.4 Å². The maximum Gasteiger partial charge on any atom is 0.240 e. The van der Waals surface area contributed by atoms with Crippen LogP contribution in [-0.4, -0.2) is 23.2 Å². The number of sulfonamides is 1. The van der Waals surface area contributed by atoms with Crippen molar-refractivity contribution in [3.63, 3.8) is 0 Å². The van der Waals surface area contributed by atoms with Crippen molar-refractivity contribution in [3.05, 3.63) is 71.2 Å². The Morgan fingerprint density at radius 3 is 2.42 bits per heavy atom. The quantitative estimate of drug-likeness (QED) is 0.741. The monoisotopic (exact) mass is 378 g/mol. The highest BCUT2D eigenvalue weighted by Crippen LogP contribution is 2.15. The number of hydrogen-bond acceptors (Lipinski definition) is 4. The van der Waals surface area contributed by atoms with Gasteiger partial charge in [0.25, 0.3) is 0 Å². The molecule has 0 fully saturated rings. The smallest absolute Gasteiger partial charge is 0.237 e. The molecule has 0 aliphatic carbocycles. The Hall–Kier alpha value is -2.65. The van der Waals surface area contributed by atoms with Crippen LogP contribution in [0.4, 0.5) is 8.78 Å². The number of halogens is 2. The van der Waals surface area contributed by atoms with Gasteiger partial charge < -0.3 is 0 Å². The van der Waals surface area contributed by atoms with E-state index in [2.05, 4.69) is 14.8 Å². The Morgan fingerprint density at radius 1 is 1.08 bits per heavy atom. The van der Waals surface area contributed by atoms with Crippen molar-refractivity contribution in [2.24, 2.45) is 0 Å². The Balaban J connectivity index is 1.73. The summed E-state index contributed by atoms with van der Waals surface area (Å²) < 4.78 is 54.5. The fourth-order valence-electron chi connectivity index (χ4n) is 2.41. The second kappa shape index (κ2) is 6.93. The lowest BCUT2D eigenvalue weighted by atomic mass is 10.3. The SMILES string of the molecule is Cc1cc(C)n(-c2ccc(CNS(=O)(=O)c3ccc(F)c(F)c3)cn2)n1. The van der Waals surface area contributed by atoms with Crippen molar-refractivity contribution in [1.29, 1.82) is 0 Å². The van der Waals surface area contributed by atoms with Crippen LogP contribution in [0.15, 0.2) is 47.5 Å². The second-order valence-electron chi connectivity index (χ2n) is 5.76. The van der Waals surface area contributed by atoms with Crippen LogP contribution >= 0.6 is 0 Å². The van der Waals surface area contributed by atoms with E-state index in [0.29, 0.717) is 17.4 Å². The van der Waals surface area contributed by atoms with Gasteiger partial charge in [0.05, 0.1) is 10.6 Å². The molecule has 9 heteroatoms. The van der Waals surface area contributed by atoms with E-state index in [4.69, 9.17) is 0 Å². The number of nitrogens with zero attached hydrogens (tertiary/aromatic N) is 3. The summed E-state index contributed by atoms with van der Waals surface area (Å²) in [7, 11) is -3.97. The van der Waals surface area contributed by atoms with Crippen molar-refractivity contribution in [2.75, 3.05) is 0 Å². The third-order valence-electron chi connectivity index (χ3n) is 3.70. The molecule has 3 aromatic rings. The maximum absolute atomic E-state index is 13.2. The molecule has 26 heavy (non-hydrogen) atoms. The number of rotatable bonds is 5. The molecule has 1 aromatic carbocycles. The molecule has 2 aromatic heterocycles. The van der Waals surface area contributed by atoms with Gasteiger partial charge in [-0.3, -0.25) is 0 Å². The number of pyridine rings is 1. The van der Waals surface area contributed by atoms with E-state index >= 15 is 0 Å². The van der Waals surface area contributed by atoms with Crippen LogP contribution in [0, 0.1) is 25.5 Å². The molecule has 136 valence electrons. The molecule has 0 saturated carbocycles. The first kappa shape index (κ1) is 18.2. The lowest BCUT2D eigenvalue weighted by molar-refractivity contribution is 0.504. The third kappa shape index (κ3) is 3.78. The summed E-state index contributed by atoms with van der Waals surface area (Å²) in [5.74, 6) is -1.71. The van der Waals surface area contributed by atoms with Gasteiger partial charge in [0.1, 0.15) is 0 Å². The van der Waals surface area contributed by atoms with Crippen molar-refractivity contribution >= 4 is 10.0 Å². The highest BCUT2D eigenvalue weighted by molar-refractivity contribution is 7.89. The van der Waals surface area contributed by atoms with E-state index in [1.54, 1.807) is 16.8 Å². The first-order valence-electron chi connectivity index (χ1n) is 7.69.